The Hall–Kier alpha value is -2.14. The largest absolute Gasteiger partial charge is 0.434 e. The lowest BCUT2D eigenvalue weighted by atomic mass is 10.1. The number of benzene rings is 1. The van der Waals surface area contributed by atoms with Gasteiger partial charge in [0.2, 0.25) is 0 Å². The molecule has 0 fully saturated rings. The predicted molar refractivity (Wildman–Crippen MR) is 68.7 cm³/mol. The number of ether oxygens (including phenoxy) is 1. The van der Waals surface area contributed by atoms with E-state index in [-0.39, 0.29) is 11.4 Å². The third-order valence-corrected chi connectivity index (χ3v) is 2.63. The van der Waals surface area contributed by atoms with Crippen LogP contribution in [0.2, 0.25) is 0 Å². The molecule has 2 aromatic rings. The molecule has 0 aliphatic rings. The molecule has 0 saturated heterocycles. The zero-order valence-electron chi connectivity index (χ0n) is 10.4. The van der Waals surface area contributed by atoms with E-state index < -0.39 is 0 Å². The van der Waals surface area contributed by atoms with Crippen molar-refractivity contribution >= 4 is 0 Å². The molecule has 0 bridgehead atoms. The molecule has 94 valence electrons. The van der Waals surface area contributed by atoms with Crippen molar-refractivity contribution in [2.45, 2.75) is 20.4 Å². The number of nitrogens with two attached hydrogens (primary N) is 1. The number of H-pyrrole nitrogens is 1. The number of rotatable bonds is 3. The molecule has 1 aromatic heterocycles. The molecule has 3 N–H and O–H groups in total. The van der Waals surface area contributed by atoms with Crippen molar-refractivity contribution in [1.82, 2.24) is 9.97 Å². The van der Waals surface area contributed by atoms with Gasteiger partial charge in [-0.2, -0.15) is 0 Å². The summed E-state index contributed by atoms with van der Waals surface area (Å²) in [6, 6.07) is 3.89. The second-order valence-electron chi connectivity index (χ2n) is 4.09. The number of nitrogens with one attached hydrogen (secondary N) is 1. The van der Waals surface area contributed by atoms with Crippen molar-refractivity contribution in [3.8, 4) is 11.6 Å². The van der Waals surface area contributed by atoms with Gasteiger partial charge in [-0.05, 0) is 30.5 Å². The van der Waals surface area contributed by atoms with Crippen molar-refractivity contribution in [1.29, 1.82) is 0 Å². The summed E-state index contributed by atoms with van der Waals surface area (Å²) in [5.74, 6) is 0.695. The third kappa shape index (κ3) is 2.41. The molecule has 0 amide bonds. The first-order chi connectivity index (χ1) is 8.61. The third-order valence-electron chi connectivity index (χ3n) is 2.63. The van der Waals surface area contributed by atoms with E-state index in [4.69, 9.17) is 10.5 Å². The summed E-state index contributed by atoms with van der Waals surface area (Å²) < 4.78 is 5.57. The Labute approximate surface area is 105 Å². The van der Waals surface area contributed by atoms with Gasteiger partial charge in [-0.1, -0.05) is 12.1 Å². The SMILES string of the molecule is Cc1cc(CN)cc(C)c1Oc1ncc[nH]c1=O. The number of aryl methyl sites for hydroxylation is 2. The molecule has 0 spiro atoms. The minimum absolute atomic E-state index is 0.0456. The highest BCUT2D eigenvalue weighted by Crippen LogP contribution is 2.27. The summed E-state index contributed by atoms with van der Waals surface area (Å²) in [6.45, 7) is 4.31. The van der Waals surface area contributed by atoms with Crippen LogP contribution >= 0.6 is 0 Å². The fourth-order valence-electron chi connectivity index (χ4n) is 1.83. The van der Waals surface area contributed by atoms with Gasteiger partial charge in [-0.3, -0.25) is 4.79 Å². The summed E-state index contributed by atoms with van der Waals surface area (Å²) in [4.78, 5) is 17.9. The summed E-state index contributed by atoms with van der Waals surface area (Å²) in [6.07, 6.45) is 2.95. The molecule has 2 rings (SSSR count). The van der Waals surface area contributed by atoms with E-state index in [1.165, 1.54) is 12.4 Å². The van der Waals surface area contributed by atoms with Gasteiger partial charge in [0.05, 0.1) is 0 Å². The van der Waals surface area contributed by atoms with Crippen LogP contribution in [-0.4, -0.2) is 9.97 Å². The van der Waals surface area contributed by atoms with Gasteiger partial charge in [-0.15, -0.1) is 0 Å². The Bertz CT molecular complexity index is 597. The second kappa shape index (κ2) is 5.01. The van der Waals surface area contributed by atoms with Gasteiger partial charge in [0, 0.05) is 18.9 Å². The van der Waals surface area contributed by atoms with E-state index in [9.17, 15) is 4.79 Å². The molecule has 0 radical (unpaired) electrons. The van der Waals surface area contributed by atoms with Gasteiger partial charge in [0.25, 0.3) is 5.88 Å². The standard InChI is InChI=1S/C13H15N3O2/c1-8-5-10(7-14)6-9(2)11(8)18-13-12(17)15-3-4-16-13/h3-6H,7,14H2,1-2H3,(H,15,17). The topological polar surface area (TPSA) is 81.0 Å². The zero-order chi connectivity index (χ0) is 13.1. The van der Waals surface area contributed by atoms with E-state index in [0.717, 1.165) is 16.7 Å². The maximum Gasteiger partial charge on any atom is 0.311 e. The van der Waals surface area contributed by atoms with Crippen molar-refractivity contribution < 1.29 is 4.74 Å². The molecule has 1 aromatic carbocycles. The fourth-order valence-corrected chi connectivity index (χ4v) is 1.83. The Morgan fingerprint density at radius 1 is 1.33 bits per heavy atom. The van der Waals surface area contributed by atoms with Crippen LogP contribution in [0.25, 0.3) is 0 Å². The number of aromatic amines is 1. The highest BCUT2D eigenvalue weighted by Gasteiger charge is 2.10. The van der Waals surface area contributed by atoms with Gasteiger partial charge in [-0.25, -0.2) is 4.98 Å². The van der Waals surface area contributed by atoms with Crippen LogP contribution in [0.15, 0.2) is 29.3 Å². The lowest BCUT2D eigenvalue weighted by Gasteiger charge is -2.11. The number of aromatic nitrogens is 2. The monoisotopic (exact) mass is 245 g/mol. The quantitative estimate of drug-likeness (QED) is 0.861. The smallest absolute Gasteiger partial charge is 0.311 e. The second-order valence-corrected chi connectivity index (χ2v) is 4.09. The Kier molecular flexibility index (Phi) is 3.43. The van der Waals surface area contributed by atoms with Gasteiger partial charge in [0.1, 0.15) is 5.75 Å². The van der Waals surface area contributed by atoms with E-state index in [1.54, 1.807) is 0 Å². The molecule has 5 nitrogen and oxygen atoms in total. The van der Waals surface area contributed by atoms with Crippen LogP contribution in [0.4, 0.5) is 0 Å². The van der Waals surface area contributed by atoms with Crippen molar-refractivity contribution in [2.75, 3.05) is 0 Å². The van der Waals surface area contributed by atoms with Crippen LogP contribution in [0.3, 0.4) is 0 Å². The molecular weight excluding hydrogens is 230 g/mol. The van der Waals surface area contributed by atoms with Crippen LogP contribution in [0.1, 0.15) is 16.7 Å². The van der Waals surface area contributed by atoms with E-state index in [1.807, 2.05) is 26.0 Å². The number of hydrogen-bond acceptors (Lipinski definition) is 4. The van der Waals surface area contributed by atoms with Crippen molar-refractivity contribution in [3.05, 3.63) is 51.6 Å². The van der Waals surface area contributed by atoms with Gasteiger partial charge >= 0.3 is 5.56 Å². The van der Waals surface area contributed by atoms with Crippen molar-refractivity contribution in [3.63, 3.8) is 0 Å². The number of hydrogen-bond donors (Lipinski definition) is 2. The Morgan fingerprint density at radius 3 is 2.56 bits per heavy atom. The minimum Gasteiger partial charge on any atom is -0.434 e. The lowest BCUT2D eigenvalue weighted by Crippen LogP contribution is -2.10. The summed E-state index contributed by atoms with van der Waals surface area (Å²) in [5.41, 5.74) is 8.15. The first-order valence-electron chi connectivity index (χ1n) is 5.63. The fraction of sp³-hybridized carbons (Fsp3) is 0.231. The lowest BCUT2D eigenvalue weighted by molar-refractivity contribution is 0.447. The van der Waals surface area contributed by atoms with Crippen LogP contribution in [0.5, 0.6) is 11.6 Å². The van der Waals surface area contributed by atoms with Gasteiger partial charge in [0.15, 0.2) is 0 Å². The molecule has 5 heteroatoms. The minimum atomic E-state index is -0.348. The van der Waals surface area contributed by atoms with E-state index in [0.29, 0.717) is 12.3 Å². The highest BCUT2D eigenvalue weighted by molar-refractivity contribution is 5.44. The molecule has 18 heavy (non-hydrogen) atoms. The molecule has 0 unspecified atom stereocenters. The Balaban J connectivity index is 2.41. The molecule has 0 aliphatic heterocycles. The first kappa shape index (κ1) is 12.3. The maximum absolute atomic E-state index is 11.5. The van der Waals surface area contributed by atoms with Crippen molar-refractivity contribution in [2.24, 2.45) is 5.73 Å². The van der Waals surface area contributed by atoms with E-state index >= 15 is 0 Å². The summed E-state index contributed by atoms with van der Waals surface area (Å²) >= 11 is 0. The predicted octanol–water partition coefficient (Wildman–Crippen LogP) is 1.64. The van der Waals surface area contributed by atoms with Crippen LogP contribution < -0.4 is 16.0 Å². The zero-order valence-corrected chi connectivity index (χ0v) is 10.4. The average molecular weight is 245 g/mol. The molecule has 0 atom stereocenters. The average Bonchev–Trinajstić information content (AvgIpc) is 2.35. The van der Waals surface area contributed by atoms with Crippen LogP contribution in [0, 0.1) is 13.8 Å². The Morgan fingerprint density at radius 2 is 2.00 bits per heavy atom. The van der Waals surface area contributed by atoms with E-state index in [2.05, 4.69) is 9.97 Å². The molecule has 0 saturated carbocycles. The normalized spacial score (nSPS) is 10.4. The maximum atomic E-state index is 11.5. The molecule has 1 heterocycles. The molecule has 0 aliphatic carbocycles. The number of nitrogens with zero attached hydrogens (tertiary/aromatic N) is 1. The highest BCUT2D eigenvalue weighted by atomic mass is 16.5. The van der Waals surface area contributed by atoms with Crippen LogP contribution in [-0.2, 0) is 6.54 Å². The molecular formula is C13H15N3O2. The van der Waals surface area contributed by atoms with Gasteiger partial charge < -0.3 is 15.5 Å². The first-order valence-corrected chi connectivity index (χ1v) is 5.63. The summed E-state index contributed by atoms with van der Waals surface area (Å²) in [7, 11) is 0. The summed E-state index contributed by atoms with van der Waals surface area (Å²) in [5, 5.41) is 0.